The summed E-state index contributed by atoms with van der Waals surface area (Å²) in [5.41, 5.74) is 0. The maximum absolute atomic E-state index is 9.30. The van der Waals surface area contributed by atoms with Crippen molar-refractivity contribution in [3.8, 4) is 0 Å². The van der Waals surface area contributed by atoms with Gasteiger partial charge in [0.2, 0.25) is 0 Å². The Bertz CT molecular complexity index is 155. The second kappa shape index (κ2) is 3.97. The third-order valence-corrected chi connectivity index (χ3v) is 3.57. The standard InChI is InChI=1S/C11H21NO/c1-9(13)6-12-7-10-4-2-3-5-11(10)8-12/h9-11,13H,2-8H2,1H3/t9-,10?,11?/m0/s1. The number of aliphatic hydroxyl groups is 1. The molecule has 2 nitrogen and oxygen atoms in total. The molecule has 0 aromatic rings. The number of fused-ring (bicyclic) bond motifs is 1. The third-order valence-electron chi connectivity index (χ3n) is 3.57. The van der Waals surface area contributed by atoms with Crippen molar-refractivity contribution in [2.75, 3.05) is 19.6 Å². The minimum atomic E-state index is -0.153. The molecule has 1 heterocycles. The van der Waals surface area contributed by atoms with Crippen LogP contribution in [-0.2, 0) is 0 Å². The van der Waals surface area contributed by atoms with Gasteiger partial charge in [-0.3, -0.25) is 0 Å². The van der Waals surface area contributed by atoms with Gasteiger partial charge in [-0.05, 0) is 31.6 Å². The molecule has 0 bridgehead atoms. The predicted molar refractivity (Wildman–Crippen MR) is 53.6 cm³/mol. The van der Waals surface area contributed by atoms with Gasteiger partial charge in [-0.25, -0.2) is 0 Å². The largest absolute Gasteiger partial charge is 0.392 e. The van der Waals surface area contributed by atoms with Crippen LogP contribution < -0.4 is 0 Å². The van der Waals surface area contributed by atoms with Crippen LogP contribution in [0.2, 0.25) is 0 Å². The Morgan fingerprint density at radius 3 is 2.23 bits per heavy atom. The first-order chi connectivity index (χ1) is 6.25. The third kappa shape index (κ3) is 2.23. The highest BCUT2D eigenvalue weighted by atomic mass is 16.3. The van der Waals surface area contributed by atoms with Crippen molar-refractivity contribution < 1.29 is 5.11 Å². The van der Waals surface area contributed by atoms with E-state index < -0.39 is 0 Å². The second-order valence-corrected chi connectivity index (χ2v) is 4.87. The fourth-order valence-electron chi connectivity index (χ4n) is 3.03. The monoisotopic (exact) mass is 183 g/mol. The fraction of sp³-hybridized carbons (Fsp3) is 1.00. The highest BCUT2D eigenvalue weighted by molar-refractivity contribution is 4.87. The summed E-state index contributed by atoms with van der Waals surface area (Å²) in [6.45, 7) is 5.26. The highest BCUT2D eigenvalue weighted by Crippen LogP contribution is 2.35. The van der Waals surface area contributed by atoms with Crippen molar-refractivity contribution in [2.24, 2.45) is 11.8 Å². The summed E-state index contributed by atoms with van der Waals surface area (Å²) >= 11 is 0. The van der Waals surface area contributed by atoms with E-state index in [9.17, 15) is 5.11 Å². The zero-order valence-corrected chi connectivity index (χ0v) is 8.58. The molecule has 1 saturated heterocycles. The molecule has 1 N–H and O–H groups in total. The van der Waals surface area contributed by atoms with Crippen LogP contribution in [0.1, 0.15) is 32.6 Å². The lowest BCUT2D eigenvalue weighted by Crippen LogP contribution is -2.29. The van der Waals surface area contributed by atoms with E-state index in [4.69, 9.17) is 0 Å². The molecule has 2 fully saturated rings. The van der Waals surface area contributed by atoms with E-state index in [1.54, 1.807) is 0 Å². The molecule has 13 heavy (non-hydrogen) atoms. The van der Waals surface area contributed by atoms with Crippen LogP contribution in [0.4, 0.5) is 0 Å². The highest BCUT2D eigenvalue weighted by Gasteiger charge is 2.34. The summed E-state index contributed by atoms with van der Waals surface area (Å²) in [5.74, 6) is 1.90. The zero-order chi connectivity index (χ0) is 9.26. The number of hydrogen-bond acceptors (Lipinski definition) is 2. The van der Waals surface area contributed by atoms with Gasteiger partial charge >= 0.3 is 0 Å². The molecular weight excluding hydrogens is 162 g/mol. The number of aliphatic hydroxyl groups excluding tert-OH is 1. The Labute approximate surface area is 80.9 Å². The van der Waals surface area contributed by atoms with Crippen molar-refractivity contribution >= 4 is 0 Å². The lowest BCUT2D eigenvalue weighted by molar-refractivity contribution is 0.137. The SMILES string of the molecule is C[C@H](O)CN1CC2CCCCC2C1. The van der Waals surface area contributed by atoms with E-state index in [0.29, 0.717) is 0 Å². The summed E-state index contributed by atoms with van der Waals surface area (Å²) in [6.07, 6.45) is 5.58. The minimum absolute atomic E-state index is 0.153. The van der Waals surface area contributed by atoms with Crippen LogP contribution in [-0.4, -0.2) is 35.7 Å². The van der Waals surface area contributed by atoms with Crippen molar-refractivity contribution in [3.05, 3.63) is 0 Å². The molecule has 0 spiro atoms. The molecule has 3 atom stereocenters. The number of rotatable bonds is 2. The summed E-state index contributed by atoms with van der Waals surface area (Å²) in [6, 6.07) is 0. The van der Waals surface area contributed by atoms with Gasteiger partial charge in [-0.15, -0.1) is 0 Å². The van der Waals surface area contributed by atoms with Gasteiger partial charge in [0.05, 0.1) is 6.10 Å². The van der Waals surface area contributed by atoms with Crippen LogP contribution in [0.5, 0.6) is 0 Å². The van der Waals surface area contributed by atoms with E-state index in [0.717, 1.165) is 18.4 Å². The topological polar surface area (TPSA) is 23.5 Å². The zero-order valence-electron chi connectivity index (χ0n) is 8.58. The molecule has 2 aliphatic rings. The number of nitrogens with zero attached hydrogens (tertiary/aromatic N) is 1. The van der Waals surface area contributed by atoms with Gasteiger partial charge in [0.1, 0.15) is 0 Å². The molecule has 2 unspecified atom stereocenters. The number of β-amino-alcohol motifs (C(OH)–C–C–N with tert-alkyl or cyclic N) is 1. The lowest BCUT2D eigenvalue weighted by Gasteiger charge is -2.23. The first kappa shape index (κ1) is 9.47. The van der Waals surface area contributed by atoms with Crippen molar-refractivity contribution in [1.29, 1.82) is 0 Å². The Kier molecular flexibility index (Phi) is 2.89. The molecule has 0 aromatic heterocycles. The summed E-state index contributed by atoms with van der Waals surface area (Å²) in [7, 11) is 0. The molecule has 1 saturated carbocycles. The second-order valence-electron chi connectivity index (χ2n) is 4.87. The normalized spacial score (nSPS) is 37.4. The van der Waals surface area contributed by atoms with Crippen molar-refractivity contribution in [3.63, 3.8) is 0 Å². The van der Waals surface area contributed by atoms with E-state index in [1.165, 1.54) is 38.8 Å². The van der Waals surface area contributed by atoms with Gasteiger partial charge in [-0.1, -0.05) is 12.8 Å². The number of hydrogen-bond donors (Lipinski definition) is 1. The smallest absolute Gasteiger partial charge is 0.0639 e. The maximum Gasteiger partial charge on any atom is 0.0639 e. The molecule has 0 aromatic carbocycles. The van der Waals surface area contributed by atoms with Gasteiger partial charge in [0, 0.05) is 19.6 Å². The van der Waals surface area contributed by atoms with E-state index in [1.807, 2.05) is 6.92 Å². The summed E-state index contributed by atoms with van der Waals surface area (Å²) in [5, 5.41) is 9.30. The van der Waals surface area contributed by atoms with Gasteiger partial charge in [-0.2, -0.15) is 0 Å². The van der Waals surface area contributed by atoms with Crippen LogP contribution in [0.3, 0.4) is 0 Å². The first-order valence-electron chi connectivity index (χ1n) is 5.66. The molecular formula is C11H21NO. The Morgan fingerprint density at radius 1 is 1.23 bits per heavy atom. The van der Waals surface area contributed by atoms with Gasteiger partial charge in [0.15, 0.2) is 0 Å². The summed E-state index contributed by atoms with van der Waals surface area (Å²) in [4.78, 5) is 2.45. The molecule has 0 amide bonds. The lowest BCUT2D eigenvalue weighted by atomic mass is 9.82. The van der Waals surface area contributed by atoms with Gasteiger partial charge < -0.3 is 10.0 Å². The Hall–Kier alpha value is -0.0800. The molecule has 1 aliphatic carbocycles. The minimum Gasteiger partial charge on any atom is -0.392 e. The predicted octanol–water partition coefficient (Wildman–Crippen LogP) is 1.49. The average Bonchev–Trinajstić information content (AvgIpc) is 2.44. The molecule has 76 valence electrons. The fourth-order valence-corrected chi connectivity index (χ4v) is 3.03. The first-order valence-corrected chi connectivity index (χ1v) is 5.66. The molecule has 2 heteroatoms. The summed E-state index contributed by atoms with van der Waals surface area (Å²) < 4.78 is 0. The Morgan fingerprint density at radius 2 is 1.77 bits per heavy atom. The Balaban J connectivity index is 1.84. The van der Waals surface area contributed by atoms with Crippen LogP contribution in [0.15, 0.2) is 0 Å². The van der Waals surface area contributed by atoms with Crippen molar-refractivity contribution in [1.82, 2.24) is 4.90 Å². The van der Waals surface area contributed by atoms with E-state index in [2.05, 4.69) is 4.90 Å². The van der Waals surface area contributed by atoms with Gasteiger partial charge in [0.25, 0.3) is 0 Å². The average molecular weight is 183 g/mol. The maximum atomic E-state index is 9.30. The van der Waals surface area contributed by atoms with Crippen LogP contribution >= 0.6 is 0 Å². The molecule has 2 rings (SSSR count). The molecule has 1 aliphatic heterocycles. The quantitative estimate of drug-likeness (QED) is 0.701. The van der Waals surface area contributed by atoms with Crippen molar-refractivity contribution in [2.45, 2.75) is 38.7 Å². The number of likely N-dealkylation sites (tertiary alicyclic amines) is 1. The molecule has 0 radical (unpaired) electrons. The van der Waals surface area contributed by atoms with E-state index in [-0.39, 0.29) is 6.10 Å². The van der Waals surface area contributed by atoms with E-state index >= 15 is 0 Å². The van der Waals surface area contributed by atoms with Crippen LogP contribution in [0, 0.1) is 11.8 Å². The van der Waals surface area contributed by atoms with Crippen LogP contribution in [0.25, 0.3) is 0 Å².